The van der Waals surface area contributed by atoms with Crippen LogP contribution in [0, 0.1) is 0 Å². The average Bonchev–Trinajstić information content (AvgIpc) is 2.69. The van der Waals surface area contributed by atoms with Gasteiger partial charge in [0.15, 0.2) is 0 Å². The number of piperidine rings is 1. The topological polar surface area (TPSA) is 54.5 Å². The molecular weight excluding hydrogens is 346 g/mol. The second-order valence-electron chi connectivity index (χ2n) is 6.19. The van der Waals surface area contributed by atoms with Gasteiger partial charge in [-0.1, -0.05) is 0 Å². The van der Waals surface area contributed by atoms with E-state index >= 15 is 0 Å². The second kappa shape index (κ2) is 9.48. The number of nitrogens with one attached hydrogen (secondary N) is 1. The van der Waals surface area contributed by atoms with Crippen LogP contribution in [0.1, 0.15) is 26.2 Å². The summed E-state index contributed by atoms with van der Waals surface area (Å²) in [4.78, 5) is 20.0. The molecule has 1 amide bonds. The molecule has 26 heavy (non-hydrogen) atoms. The van der Waals surface area contributed by atoms with Crippen LogP contribution in [0.2, 0.25) is 0 Å². The van der Waals surface area contributed by atoms with Crippen molar-refractivity contribution in [2.24, 2.45) is 0 Å². The molecule has 0 aliphatic carbocycles. The molecule has 2 heterocycles. The number of anilines is 2. The first-order valence-corrected chi connectivity index (χ1v) is 10.1. The van der Waals surface area contributed by atoms with Crippen LogP contribution >= 0.6 is 11.8 Å². The first-order valence-electron chi connectivity index (χ1n) is 9.11. The average molecular weight is 372 g/mol. The molecule has 0 radical (unpaired) electrons. The summed E-state index contributed by atoms with van der Waals surface area (Å²) in [6.45, 7) is 4.75. The summed E-state index contributed by atoms with van der Waals surface area (Å²) in [6.07, 6.45) is 5.49. The van der Waals surface area contributed by atoms with Gasteiger partial charge in [0.1, 0.15) is 11.6 Å². The summed E-state index contributed by atoms with van der Waals surface area (Å²) in [5.74, 6) is 2.17. The number of benzene rings is 1. The lowest BCUT2D eigenvalue weighted by Crippen LogP contribution is -2.30. The Balaban J connectivity index is 1.46. The number of rotatable bonds is 7. The number of carbonyl (C=O) groups is 1. The normalized spacial score (nSPS) is 14.1. The van der Waals surface area contributed by atoms with Gasteiger partial charge in [-0.25, -0.2) is 4.98 Å². The molecule has 5 nitrogen and oxygen atoms in total. The number of hydrogen-bond donors (Lipinski definition) is 1. The second-order valence-corrected chi connectivity index (χ2v) is 7.24. The van der Waals surface area contributed by atoms with E-state index in [2.05, 4.69) is 15.2 Å². The van der Waals surface area contributed by atoms with Crippen molar-refractivity contribution in [1.29, 1.82) is 0 Å². The summed E-state index contributed by atoms with van der Waals surface area (Å²) in [5, 5.41) is 2.91. The molecule has 6 heteroatoms. The Labute approximate surface area is 159 Å². The molecule has 1 aromatic carbocycles. The van der Waals surface area contributed by atoms with E-state index in [0.29, 0.717) is 12.4 Å². The Morgan fingerprint density at radius 3 is 2.58 bits per heavy atom. The Bertz CT molecular complexity index is 698. The van der Waals surface area contributed by atoms with Crippen LogP contribution in [0.3, 0.4) is 0 Å². The molecule has 2 aromatic rings. The first kappa shape index (κ1) is 18.6. The molecule has 0 saturated carbocycles. The molecule has 1 aliphatic rings. The lowest BCUT2D eigenvalue weighted by molar-refractivity contribution is -0.113. The van der Waals surface area contributed by atoms with Crippen LogP contribution in [0.25, 0.3) is 0 Å². The maximum absolute atomic E-state index is 12.1. The lowest BCUT2D eigenvalue weighted by Gasteiger charge is -2.27. The number of amides is 1. The van der Waals surface area contributed by atoms with Crippen LogP contribution in [0.5, 0.6) is 5.75 Å². The standard InChI is InChI=1S/C20H25N3O2S/c1-2-25-17-7-9-18(10-8-17)26-15-20(24)22-16-6-11-19(21-14-16)23-12-4-3-5-13-23/h6-11,14H,2-5,12-13,15H2,1H3,(H,22,24). The number of hydrogen-bond acceptors (Lipinski definition) is 5. The zero-order valence-corrected chi connectivity index (χ0v) is 15.9. The van der Waals surface area contributed by atoms with Gasteiger partial charge in [-0.15, -0.1) is 11.8 Å². The predicted molar refractivity (Wildman–Crippen MR) is 107 cm³/mol. The summed E-state index contributed by atoms with van der Waals surface area (Å²) in [5.41, 5.74) is 0.739. The van der Waals surface area contributed by atoms with Crippen LogP contribution in [-0.4, -0.2) is 36.3 Å². The SMILES string of the molecule is CCOc1ccc(SCC(=O)Nc2ccc(N3CCCCC3)nc2)cc1. The fourth-order valence-electron chi connectivity index (χ4n) is 2.91. The van der Waals surface area contributed by atoms with Crippen molar-refractivity contribution in [1.82, 2.24) is 4.98 Å². The Morgan fingerprint density at radius 1 is 1.15 bits per heavy atom. The minimum absolute atomic E-state index is 0.0311. The summed E-state index contributed by atoms with van der Waals surface area (Å²) in [7, 11) is 0. The van der Waals surface area contributed by atoms with E-state index in [1.165, 1.54) is 31.0 Å². The highest BCUT2D eigenvalue weighted by molar-refractivity contribution is 8.00. The van der Waals surface area contributed by atoms with E-state index in [-0.39, 0.29) is 5.91 Å². The van der Waals surface area contributed by atoms with Crippen molar-refractivity contribution in [3.8, 4) is 5.75 Å². The number of thioether (sulfide) groups is 1. The van der Waals surface area contributed by atoms with E-state index in [1.54, 1.807) is 6.20 Å². The largest absolute Gasteiger partial charge is 0.494 e. The molecule has 0 unspecified atom stereocenters. The molecule has 1 aromatic heterocycles. The molecular formula is C20H25N3O2S. The summed E-state index contributed by atoms with van der Waals surface area (Å²) in [6, 6.07) is 11.7. The Morgan fingerprint density at radius 2 is 1.92 bits per heavy atom. The van der Waals surface area contributed by atoms with Gasteiger partial charge in [0.2, 0.25) is 5.91 Å². The van der Waals surface area contributed by atoms with Crippen molar-refractivity contribution in [2.75, 3.05) is 35.7 Å². The third-order valence-electron chi connectivity index (χ3n) is 4.22. The molecule has 0 spiro atoms. The van der Waals surface area contributed by atoms with E-state index in [4.69, 9.17) is 4.74 Å². The van der Waals surface area contributed by atoms with Crippen molar-refractivity contribution in [2.45, 2.75) is 31.1 Å². The van der Waals surface area contributed by atoms with Gasteiger partial charge in [0, 0.05) is 18.0 Å². The lowest BCUT2D eigenvalue weighted by atomic mass is 10.1. The summed E-state index contributed by atoms with van der Waals surface area (Å²) < 4.78 is 5.42. The van der Waals surface area contributed by atoms with Gasteiger partial charge in [0.25, 0.3) is 0 Å². The van der Waals surface area contributed by atoms with Crippen molar-refractivity contribution in [3.63, 3.8) is 0 Å². The van der Waals surface area contributed by atoms with Crippen LogP contribution in [0.4, 0.5) is 11.5 Å². The highest BCUT2D eigenvalue weighted by Gasteiger charge is 2.12. The maximum atomic E-state index is 12.1. The molecule has 1 aliphatic heterocycles. The fraction of sp³-hybridized carbons (Fsp3) is 0.400. The zero-order valence-electron chi connectivity index (χ0n) is 15.1. The predicted octanol–water partition coefficient (Wildman–Crippen LogP) is 4.20. The van der Waals surface area contributed by atoms with Crippen LogP contribution in [-0.2, 0) is 4.79 Å². The van der Waals surface area contributed by atoms with Gasteiger partial charge >= 0.3 is 0 Å². The minimum Gasteiger partial charge on any atom is -0.494 e. The van der Waals surface area contributed by atoms with Gasteiger partial charge in [0.05, 0.1) is 24.2 Å². The van der Waals surface area contributed by atoms with Gasteiger partial charge in [-0.3, -0.25) is 4.79 Å². The van der Waals surface area contributed by atoms with Crippen LogP contribution < -0.4 is 15.0 Å². The van der Waals surface area contributed by atoms with E-state index in [0.717, 1.165) is 35.2 Å². The molecule has 3 rings (SSSR count). The minimum atomic E-state index is -0.0311. The number of carbonyl (C=O) groups excluding carboxylic acids is 1. The Hall–Kier alpha value is -2.21. The van der Waals surface area contributed by atoms with Crippen molar-refractivity contribution < 1.29 is 9.53 Å². The summed E-state index contributed by atoms with van der Waals surface area (Å²) >= 11 is 1.50. The fourth-order valence-corrected chi connectivity index (χ4v) is 3.61. The van der Waals surface area contributed by atoms with E-state index in [1.807, 2.05) is 43.3 Å². The first-order chi connectivity index (χ1) is 12.7. The van der Waals surface area contributed by atoms with Gasteiger partial charge in [-0.05, 0) is 62.6 Å². The number of aromatic nitrogens is 1. The van der Waals surface area contributed by atoms with Gasteiger partial charge in [-0.2, -0.15) is 0 Å². The van der Waals surface area contributed by atoms with E-state index < -0.39 is 0 Å². The van der Waals surface area contributed by atoms with Crippen LogP contribution in [0.15, 0.2) is 47.5 Å². The van der Waals surface area contributed by atoms with E-state index in [9.17, 15) is 4.79 Å². The highest BCUT2D eigenvalue weighted by atomic mass is 32.2. The van der Waals surface area contributed by atoms with Gasteiger partial charge < -0.3 is 15.0 Å². The Kier molecular flexibility index (Phi) is 6.77. The molecule has 1 saturated heterocycles. The molecule has 1 fully saturated rings. The molecule has 0 bridgehead atoms. The maximum Gasteiger partial charge on any atom is 0.234 e. The quantitative estimate of drug-likeness (QED) is 0.739. The smallest absolute Gasteiger partial charge is 0.234 e. The zero-order chi connectivity index (χ0) is 18.2. The number of nitrogens with zero attached hydrogens (tertiary/aromatic N) is 2. The number of pyridine rings is 1. The third kappa shape index (κ3) is 5.39. The third-order valence-corrected chi connectivity index (χ3v) is 5.23. The van der Waals surface area contributed by atoms with Crippen molar-refractivity contribution in [3.05, 3.63) is 42.6 Å². The molecule has 0 atom stereocenters. The monoisotopic (exact) mass is 371 g/mol. The molecule has 138 valence electrons. The highest BCUT2D eigenvalue weighted by Crippen LogP contribution is 2.22. The van der Waals surface area contributed by atoms with Crippen molar-refractivity contribution >= 4 is 29.2 Å². The molecule has 1 N–H and O–H groups in total. The number of ether oxygens (including phenoxy) is 1.